The van der Waals surface area contributed by atoms with Crippen molar-refractivity contribution in [2.24, 2.45) is 17.2 Å². The summed E-state index contributed by atoms with van der Waals surface area (Å²) >= 11 is 0. The summed E-state index contributed by atoms with van der Waals surface area (Å²) in [6.07, 6.45) is 0. The van der Waals surface area contributed by atoms with Gasteiger partial charge in [0, 0.05) is 16.7 Å². The first-order valence-electron chi connectivity index (χ1n) is 16.0. The largest absolute Gasteiger partial charge is 0.320 e. The molecule has 6 N–H and O–H groups in total. The van der Waals surface area contributed by atoms with Gasteiger partial charge in [0.2, 0.25) is 0 Å². The van der Waals surface area contributed by atoms with E-state index in [-0.39, 0.29) is 18.1 Å². The van der Waals surface area contributed by atoms with E-state index < -0.39 is 0 Å². The second kappa shape index (κ2) is 13.9. The fourth-order valence-corrected chi connectivity index (χ4v) is 5.84. The van der Waals surface area contributed by atoms with Gasteiger partial charge in [0.05, 0.1) is 18.1 Å². The van der Waals surface area contributed by atoms with E-state index in [1.54, 1.807) is 0 Å². The number of hydrogen-bond donors (Lipinski definition) is 3. The molecule has 7 aromatic rings. The zero-order valence-corrected chi connectivity index (χ0v) is 26.4. The summed E-state index contributed by atoms with van der Waals surface area (Å²) in [5.74, 6) is 1.72. The molecule has 3 unspecified atom stereocenters. The Bertz CT molecular complexity index is 1820. The van der Waals surface area contributed by atoms with Gasteiger partial charge in [0.25, 0.3) is 0 Å². The summed E-state index contributed by atoms with van der Waals surface area (Å²) in [6.45, 7) is 0. The molecule has 0 aliphatic rings. The van der Waals surface area contributed by atoms with Crippen LogP contribution < -0.4 is 17.2 Å². The Morgan fingerprint density at radius 2 is 0.479 bits per heavy atom. The van der Waals surface area contributed by atoms with Gasteiger partial charge in [-0.3, -0.25) is 0 Å². The van der Waals surface area contributed by atoms with Gasteiger partial charge >= 0.3 is 0 Å². The van der Waals surface area contributed by atoms with Gasteiger partial charge in [-0.1, -0.05) is 164 Å². The second-order valence-corrected chi connectivity index (χ2v) is 11.8. The van der Waals surface area contributed by atoms with Crippen molar-refractivity contribution in [2.45, 2.75) is 18.1 Å². The minimum absolute atomic E-state index is 0.230. The molecule has 48 heavy (non-hydrogen) atoms. The lowest BCUT2D eigenvalue weighted by atomic mass is 9.98. The predicted molar refractivity (Wildman–Crippen MR) is 194 cm³/mol. The molecule has 1 aromatic heterocycles. The number of hydrogen-bond acceptors (Lipinski definition) is 6. The molecule has 0 radical (unpaired) electrons. The molecule has 6 nitrogen and oxygen atoms in total. The fourth-order valence-electron chi connectivity index (χ4n) is 5.84. The zero-order chi connectivity index (χ0) is 32.9. The highest BCUT2D eigenvalue weighted by Gasteiger charge is 2.16. The molecule has 234 valence electrons. The molecule has 6 aromatic carbocycles. The maximum absolute atomic E-state index is 6.59. The zero-order valence-electron chi connectivity index (χ0n) is 26.4. The fraction of sp³-hybridized carbons (Fsp3) is 0.0714. The molecule has 0 spiro atoms. The van der Waals surface area contributed by atoms with Crippen LogP contribution in [-0.4, -0.2) is 15.0 Å². The van der Waals surface area contributed by atoms with E-state index in [1.165, 1.54) is 0 Å². The van der Waals surface area contributed by atoms with Crippen LogP contribution in [0.1, 0.15) is 51.5 Å². The van der Waals surface area contributed by atoms with Crippen molar-refractivity contribution in [3.63, 3.8) is 0 Å². The van der Waals surface area contributed by atoms with Crippen molar-refractivity contribution < 1.29 is 0 Å². The predicted octanol–water partition coefficient (Wildman–Crippen LogP) is 8.02. The Hall–Kier alpha value is -5.79. The van der Waals surface area contributed by atoms with E-state index in [4.69, 9.17) is 32.2 Å². The SMILES string of the molecule is NC(c1ccccc1)c1ccc(-c2nc(-c3ccc(C(N)c4ccccc4)cc3)nc(-c3ccc(C(N)c4ccccc4)cc3)n2)cc1. The summed E-state index contributed by atoms with van der Waals surface area (Å²) < 4.78 is 0. The average molecular weight is 625 g/mol. The standard InChI is InChI=1S/C42H36N6/c43-37(28-10-4-1-5-11-28)31-16-22-34(23-17-31)40-46-41(35-24-18-32(19-25-35)38(44)29-12-6-2-7-13-29)48-42(47-40)36-26-20-33(21-27-36)39(45)30-14-8-3-9-15-30/h1-27,37-39H,43-45H2. The van der Waals surface area contributed by atoms with Crippen molar-refractivity contribution >= 4 is 0 Å². The van der Waals surface area contributed by atoms with Gasteiger partial charge in [-0.25, -0.2) is 15.0 Å². The normalized spacial score (nSPS) is 13.1. The molecule has 0 amide bonds. The maximum atomic E-state index is 6.59. The molecule has 0 aliphatic carbocycles. The summed E-state index contributed by atoms with van der Waals surface area (Å²) in [7, 11) is 0. The van der Waals surface area contributed by atoms with Crippen LogP contribution in [0.25, 0.3) is 34.2 Å². The summed E-state index contributed by atoms with van der Waals surface area (Å²) in [5, 5.41) is 0. The number of rotatable bonds is 9. The molecule has 0 saturated heterocycles. The number of nitrogens with zero attached hydrogens (tertiary/aromatic N) is 3. The van der Waals surface area contributed by atoms with E-state index in [0.29, 0.717) is 17.5 Å². The lowest BCUT2D eigenvalue weighted by Gasteiger charge is -2.15. The first kappa shape index (κ1) is 30.8. The highest BCUT2D eigenvalue weighted by atomic mass is 15.0. The van der Waals surface area contributed by atoms with Crippen LogP contribution in [0.4, 0.5) is 0 Å². The Morgan fingerprint density at radius 1 is 0.271 bits per heavy atom. The van der Waals surface area contributed by atoms with Crippen LogP contribution in [0.2, 0.25) is 0 Å². The molecular weight excluding hydrogens is 589 g/mol. The highest BCUT2D eigenvalue weighted by Crippen LogP contribution is 2.29. The van der Waals surface area contributed by atoms with Crippen molar-refractivity contribution in [3.8, 4) is 34.2 Å². The van der Waals surface area contributed by atoms with Crippen LogP contribution >= 0.6 is 0 Å². The van der Waals surface area contributed by atoms with Crippen LogP contribution in [0.15, 0.2) is 164 Å². The van der Waals surface area contributed by atoms with Crippen LogP contribution in [0, 0.1) is 0 Å². The van der Waals surface area contributed by atoms with Crippen molar-refractivity contribution in [1.29, 1.82) is 0 Å². The summed E-state index contributed by atoms with van der Waals surface area (Å²) in [6, 6.07) is 53.9. The third-order valence-corrected chi connectivity index (χ3v) is 8.70. The third-order valence-electron chi connectivity index (χ3n) is 8.70. The Balaban J connectivity index is 1.24. The van der Waals surface area contributed by atoms with E-state index >= 15 is 0 Å². The van der Waals surface area contributed by atoms with E-state index in [0.717, 1.165) is 50.1 Å². The topological polar surface area (TPSA) is 117 Å². The molecule has 7 rings (SSSR count). The summed E-state index contributed by atoms with van der Waals surface area (Å²) in [5.41, 5.74) is 28.6. The number of benzene rings is 6. The van der Waals surface area contributed by atoms with Crippen LogP contribution in [0.5, 0.6) is 0 Å². The van der Waals surface area contributed by atoms with Crippen molar-refractivity contribution in [2.75, 3.05) is 0 Å². The second-order valence-electron chi connectivity index (χ2n) is 11.8. The van der Waals surface area contributed by atoms with Crippen LogP contribution in [-0.2, 0) is 0 Å². The van der Waals surface area contributed by atoms with E-state index in [9.17, 15) is 0 Å². The minimum atomic E-state index is -0.230. The smallest absolute Gasteiger partial charge is 0.164 e. The van der Waals surface area contributed by atoms with Crippen LogP contribution in [0.3, 0.4) is 0 Å². The highest BCUT2D eigenvalue weighted by molar-refractivity contribution is 5.67. The van der Waals surface area contributed by atoms with Crippen molar-refractivity contribution in [3.05, 3.63) is 197 Å². The van der Waals surface area contributed by atoms with Gasteiger partial charge in [-0.15, -0.1) is 0 Å². The maximum Gasteiger partial charge on any atom is 0.164 e. The van der Waals surface area contributed by atoms with Crippen molar-refractivity contribution in [1.82, 2.24) is 15.0 Å². The van der Waals surface area contributed by atoms with Gasteiger partial charge in [-0.2, -0.15) is 0 Å². The molecule has 0 aliphatic heterocycles. The van der Waals surface area contributed by atoms with E-state index in [2.05, 4.69) is 0 Å². The molecule has 0 saturated carbocycles. The molecule has 1 heterocycles. The van der Waals surface area contributed by atoms with Gasteiger partial charge in [-0.05, 0) is 33.4 Å². The van der Waals surface area contributed by atoms with Gasteiger partial charge in [0.15, 0.2) is 17.5 Å². The van der Waals surface area contributed by atoms with E-state index in [1.807, 2.05) is 164 Å². The molecule has 6 heteroatoms. The molecule has 3 atom stereocenters. The minimum Gasteiger partial charge on any atom is -0.320 e. The molecule has 0 bridgehead atoms. The molecule has 0 fully saturated rings. The monoisotopic (exact) mass is 624 g/mol. The third kappa shape index (κ3) is 6.68. The Kier molecular flexibility index (Phi) is 8.94. The number of aromatic nitrogens is 3. The Labute approximate surface area is 281 Å². The van der Waals surface area contributed by atoms with Gasteiger partial charge in [0.1, 0.15) is 0 Å². The Morgan fingerprint density at radius 3 is 0.708 bits per heavy atom. The quantitative estimate of drug-likeness (QED) is 0.150. The average Bonchev–Trinajstić information content (AvgIpc) is 3.18. The van der Waals surface area contributed by atoms with Gasteiger partial charge < -0.3 is 17.2 Å². The summed E-state index contributed by atoms with van der Waals surface area (Å²) in [4.78, 5) is 14.8. The molecular formula is C42H36N6. The number of nitrogens with two attached hydrogens (primary N) is 3. The first-order chi connectivity index (χ1) is 23.5. The lowest BCUT2D eigenvalue weighted by Crippen LogP contribution is -2.11. The first-order valence-corrected chi connectivity index (χ1v) is 16.0. The lowest BCUT2D eigenvalue weighted by molar-refractivity contribution is 0.871.